The van der Waals surface area contributed by atoms with E-state index in [-0.39, 0.29) is 0 Å². The minimum Gasteiger partial charge on any atom is -0.493 e. The van der Waals surface area contributed by atoms with Crippen LogP contribution in [0.2, 0.25) is 5.02 Å². The van der Waals surface area contributed by atoms with E-state index in [1.165, 1.54) is 5.56 Å². The van der Waals surface area contributed by atoms with Gasteiger partial charge in [-0.25, -0.2) is 9.98 Å². The van der Waals surface area contributed by atoms with Gasteiger partial charge in [-0.3, -0.25) is 0 Å². The van der Waals surface area contributed by atoms with Gasteiger partial charge < -0.3 is 9.15 Å². The third-order valence-corrected chi connectivity index (χ3v) is 6.23. The molecule has 2 aromatic heterocycles. The van der Waals surface area contributed by atoms with Gasteiger partial charge in [-0.05, 0) is 43.3 Å². The number of halogens is 1. The molecule has 3 aromatic carbocycles. The first-order chi connectivity index (χ1) is 15.6. The van der Waals surface area contributed by atoms with Crippen molar-refractivity contribution in [3.05, 3.63) is 94.3 Å². The van der Waals surface area contributed by atoms with Gasteiger partial charge in [0.2, 0.25) is 5.55 Å². The quantitative estimate of drug-likeness (QED) is 0.281. The van der Waals surface area contributed by atoms with Gasteiger partial charge in [0.05, 0.1) is 24.1 Å². The zero-order valence-electron chi connectivity index (χ0n) is 17.5. The number of ether oxygens (including phenoxy) is 1. The monoisotopic (exact) mass is 458 g/mol. The fraction of sp³-hybridized carbons (Fsp3) is 0.0769. The van der Waals surface area contributed by atoms with Crippen LogP contribution in [0.25, 0.3) is 32.8 Å². The molecule has 0 N–H and O–H groups in total. The summed E-state index contributed by atoms with van der Waals surface area (Å²) in [5.41, 5.74) is 5.89. The standard InChI is InChI=1S/C26H19ClN2O2S/c1-16-6-8-17(9-7-16)22-15-32-26(29-22)21-14-18-4-3-5-23(30-2)24(18)31-25(21)28-20-12-10-19(27)11-13-20/h3-15H,1-2H3. The van der Waals surface area contributed by atoms with Crippen LogP contribution in [0.3, 0.4) is 0 Å². The van der Waals surface area contributed by atoms with E-state index in [0.717, 1.165) is 32.9 Å². The summed E-state index contributed by atoms with van der Waals surface area (Å²) in [6, 6.07) is 23.5. The Morgan fingerprint density at radius 1 is 1.00 bits per heavy atom. The molecular weight excluding hydrogens is 440 g/mol. The van der Waals surface area contributed by atoms with Crippen LogP contribution in [0.15, 0.2) is 87.6 Å². The molecule has 0 bridgehead atoms. The first-order valence-electron chi connectivity index (χ1n) is 10.0. The molecule has 0 fully saturated rings. The molecule has 0 unspecified atom stereocenters. The van der Waals surface area contributed by atoms with Crippen LogP contribution in [0.4, 0.5) is 5.69 Å². The highest BCUT2D eigenvalue weighted by atomic mass is 35.5. The molecule has 32 heavy (non-hydrogen) atoms. The maximum absolute atomic E-state index is 6.28. The van der Waals surface area contributed by atoms with Crippen LogP contribution in [0, 0.1) is 6.92 Å². The number of nitrogens with zero attached hydrogens (tertiary/aromatic N) is 2. The fourth-order valence-electron chi connectivity index (χ4n) is 3.41. The van der Waals surface area contributed by atoms with Crippen LogP contribution in [0.5, 0.6) is 5.75 Å². The van der Waals surface area contributed by atoms with Crippen molar-refractivity contribution < 1.29 is 9.15 Å². The van der Waals surface area contributed by atoms with Crippen LogP contribution in [-0.4, -0.2) is 12.1 Å². The molecule has 158 valence electrons. The lowest BCUT2D eigenvalue weighted by Gasteiger charge is -2.06. The number of thiazole rings is 1. The molecule has 0 aliphatic rings. The van der Waals surface area contributed by atoms with E-state index in [1.54, 1.807) is 30.6 Å². The average Bonchev–Trinajstić information content (AvgIpc) is 3.30. The molecule has 4 nitrogen and oxygen atoms in total. The number of fused-ring (bicyclic) bond motifs is 1. The molecule has 5 aromatic rings. The molecule has 0 amide bonds. The van der Waals surface area contributed by atoms with Gasteiger partial charge in [0.25, 0.3) is 0 Å². The Bertz CT molecular complexity index is 1470. The number of para-hydroxylation sites is 1. The molecule has 0 saturated heterocycles. The van der Waals surface area contributed by atoms with Gasteiger partial charge >= 0.3 is 0 Å². The van der Waals surface area contributed by atoms with Crippen LogP contribution >= 0.6 is 22.9 Å². The first kappa shape index (κ1) is 20.5. The van der Waals surface area contributed by atoms with Crippen LogP contribution in [-0.2, 0) is 0 Å². The van der Waals surface area contributed by atoms with Crippen molar-refractivity contribution in [3.63, 3.8) is 0 Å². The topological polar surface area (TPSA) is 47.6 Å². The molecule has 5 rings (SSSR count). The zero-order chi connectivity index (χ0) is 22.1. The Morgan fingerprint density at radius 3 is 2.53 bits per heavy atom. The Balaban J connectivity index is 1.71. The summed E-state index contributed by atoms with van der Waals surface area (Å²) in [5.74, 6) is 0.654. The lowest BCUT2D eigenvalue weighted by Crippen LogP contribution is -2.06. The minimum absolute atomic E-state index is 0.467. The number of hydrogen-bond donors (Lipinski definition) is 0. The van der Waals surface area contributed by atoms with Crippen molar-refractivity contribution in [1.29, 1.82) is 0 Å². The summed E-state index contributed by atoms with van der Waals surface area (Å²) >= 11 is 7.60. The molecule has 2 heterocycles. The van der Waals surface area contributed by atoms with Gasteiger partial charge in [0.1, 0.15) is 5.01 Å². The predicted octanol–water partition coefficient (Wildman–Crippen LogP) is 7.43. The van der Waals surface area contributed by atoms with Gasteiger partial charge in [0, 0.05) is 21.4 Å². The summed E-state index contributed by atoms with van der Waals surface area (Å²) in [7, 11) is 1.63. The van der Waals surface area contributed by atoms with Crippen molar-refractivity contribution in [1.82, 2.24) is 4.98 Å². The van der Waals surface area contributed by atoms with Gasteiger partial charge in [-0.15, -0.1) is 11.3 Å². The Kier molecular flexibility index (Phi) is 5.52. The van der Waals surface area contributed by atoms with Crippen molar-refractivity contribution in [2.75, 3.05) is 7.11 Å². The van der Waals surface area contributed by atoms with Gasteiger partial charge in [0.15, 0.2) is 11.3 Å². The largest absolute Gasteiger partial charge is 0.493 e. The van der Waals surface area contributed by atoms with E-state index in [2.05, 4.69) is 36.6 Å². The van der Waals surface area contributed by atoms with Crippen molar-refractivity contribution in [3.8, 4) is 27.6 Å². The van der Waals surface area contributed by atoms with Crippen molar-refractivity contribution in [2.45, 2.75) is 6.92 Å². The third kappa shape index (κ3) is 4.05. The second-order valence-corrected chi connectivity index (χ2v) is 8.63. The number of rotatable bonds is 4. The predicted molar refractivity (Wildman–Crippen MR) is 131 cm³/mol. The Morgan fingerprint density at radius 2 is 1.78 bits per heavy atom. The van der Waals surface area contributed by atoms with Crippen LogP contribution < -0.4 is 10.3 Å². The maximum atomic E-state index is 6.28. The van der Waals surface area contributed by atoms with Gasteiger partial charge in [-0.1, -0.05) is 53.6 Å². The zero-order valence-corrected chi connectivity index (χ0v) is 19.1. The molecule has 6 heteroatoms. The maximum Gasteiger partial charge on any atom is 0.230 e. The number of benzene rings is 3. The average molecular weight is 459 g/mol. The molecular formula is C26H19ClN2O2S. The van der Waals surface area contributed by atoms with E-state index in [1.807, 2.05) is 36.4 Å². The SMILES string of the molecule is COc1cccc2cc(-c3nc(-c4ccc(C)cc4)cs3)c(=Nc3ccc(Cl)cc3)oc12. The Hall–Kier alpha value is -3.41. The molecule has 0 spiro atoms. The summed E-state index contributed by atoms with van der Waals surface area (Å²) in [6.45, 7) is 2.08. The third-order valence-electron chi connectivity index (χ3n) is 5.10. The highest BCUT2D eigenvalue weighted by molar-refractivity contribution is 7.13. The lowest BCUT2D eigenvalue weighted by atomic mass is 10.1. The fourth-order valence-corrected chi connectivity index (χ4v) is 4.37. The highest BCUT2D eigenvalue weighted by Gasteiger charge is 2.14. The molecule has 0 saturated carbocycles. The van der Waals surface area contributed by atoms with E-state index in [4.69, 9.17) is 30.7 Å². The smallest absolute Gasteiger partial charge is 0.230 e. The van der Waals surface area contributed by atoms with Gasteiger partial charge in [-0.2, -0.15) is 0 Å². The summed E-state index contributed by atoms with van der Waals surface area (Å²) in [6.07, 6.45) is 0. The summed E-state index contributed by atoms with van der Waals surface area (Å²) < 4.78 is 11.8. The number of aromatic nitrogens is 1. The molecule has 0 radical (unpaired) electrons. The molecule has 0 aliphatic carbocycles. The molecule has 0 aliphatic heterocycles. The van der Waals surface area contributed by atoms with E-state index < -0.39 is 0 Å². The Labute approximate surface area is 194 Å². The number of hydrogen-bond acceptors (Lipinski definition) is 5. The minimum atomic E-state index is 0.467. The second-order valence-electron chi connectivity index (χ2n) is 7.34. The highest BCUT2D eigenvalue weighted by Crippen LogP contribution is 2.31. The van der Waals surface area contributed by atoms with Crippen LogP contribution in [0.1, 0.15) is 5.56 Å². The van der Waals surface area contributed by atoms with Crippen molar-refractivity contribution in [2.24, 2.45) is 4.99 Å². The number of methoxy groups -OCH3 is 1. The lowest BCUT2D eigenvalue weighted by molar-refractivity contribution is 0.406. The van der Waals surface area contributed by atoms with E-state index in [0.29, 0.717) is 21.9 Å². The number of aryl methyl sites for hydroxylation is 1. The van der Waals surface area contributed by atoms with E-state index in [9.17, 15) is 0 Å². The summed E-state index contributed by atoms with van der Waals surface area (Å²) in [4.78, 5) is 9.66. The van der Waals surface area contributed by atoms with E-state index >= 15 is 0 Å². The summed E-state index contributed by atoms with van der Waals surface area (Å²) in [5, 5.41) is 4.47. The first-order valence-corrected chi connectivity index (χ1v) is 11.3. The van der Waals surface area contributed by atoms with Crippen molar-refractivity contribution >= 4 is 39.6 Å². The normalized spacial score (nSPS) is 11.8. The second kappa shape index (κ2) is 8.61. The molecule has 0 atom stereocenters.